The van der Waals surface area contributed by atoms with E-state index in [0.29, 0.717) is 18.1 Å². The van der Waals surface area contributed by atoms with E-state index in [1.54, 1.807) is 0 Å². The second kappa shape index (κ2) is 1.73. The highest BCUT2D eigenvalue weighted by Gasteiger charge is 2.66. The maximum Gasteiger partial charge on any atom is 0.0876 e. The highest BCUT2D eigenvalue weighted by atomic mass is 16.6. The maximum absolute atomic E-state index is 9.75. The van der Waals surface area contributed by atoms with Gasteiger partial charge in [-0.1, -0.05) is 0 Å². The quantitative estimate of drug-likeness (QED) is 0.540. The van der Waals surface area contributed by atoms with Crippen molar-refractivity contribution >= 4 is 0 Å². The van der Waals surface area contributed by atoms with Gasteiger partial charge in [-0.05, 0) is 42.9 Å². The molecule has 0 spiro atoms. The predicted octanol–water partition coefficient (Wildman–Crippen LogP) is 0.791. The van der Waals surface area contributed by atoms with Crippen LogP contribution in [-0.2, 0) is 4.74 Å². The molecule has 1 saturated heterocycles. The molecule has 7 atom stereocenters. The van der Waals surface area contributed by atoms with E-state index in [9.17, 15) is 5.11 Å². The molecule has 0 amide bonds. The molecule has 0 aromatic rings. The zero-order valence-corrected chi connectivity index (χ0v) is 7.02. The monoisotopic (exact) mass is 166 g/mol. The summed E-state index contributed by atoms with van der Waals surface area (Å²) in [4.78, 5) is 0. The van der Waals surface area contributed by atoms with Gasteiger partial charge in [0, 0.05) is 0 Å². The fourth-order valence-electron chi connectivity index (χ4n) is 4.27. The third-order valence-electron chi connectivity index (χ3n) is 4.71. The van der Waals surface area contributed by atoms with Crippen molar-refractivity contribution < 1.29 is 9.84 Å². The molecule has 0 aromatic carbocycles. The summed E-state index contributed by atoms with van der Waals surface area (Å²) in [5.41, 5.74) is 0. The number of fused-ring (bicyclic) bond motifs is 7. The number of aliphatic hydroxyl groups excluding tert-OH is 1. The maximum atomic E-state index is 9.75. The Morgan fingerprint density at radius 3 is 2.92 bits per heavy atom. The fraction of sp³-hybridized carbons (Fsp3) is 1.00. The summed E-state index contributed by atoms with van der Waals surface area (Å²) in [6.07, 6.45) is 4.88. The number of rotatable bonds is 0. The minimum atomic E-state index is 0.0131. The summed E-state index contributed by atoms with van der Waals surface area (Å²) < 4.78 is 5.56. The van der Waals surface area contributed by atoms with E-state index in [-0.39, 0.29) is 6.10 Å². The molecule has 3 saturated carbocycles. The molecule has 2 heteroatoms. The summed E-state index contributed by atoms with van der Waals surface area (Å²) >= 11 is 0. The lowest BCUT2D eigenvalue weighted by Gasteiger charge is -2.29. The van der Waals surface area contributed by atoms with Crippen molar-refractivity contribution in [1.82, 2.24) is 0 Å². The minimum Gasteiger partial charge on any atom is -0.393 e. The van der Waals surface area contributed by atoms with Crippen molar-refractivity contribution in [3.63, 3.8) is 0 Å². The van der Waals surface area contributed by atoms with Crippen molar-refractivity contribution in [2.75, 3.05) is 0 Å². The average molecular weight is 166 g/mol. The van der Waals surface area contributed by atoms with Gasteiger partial charge in [-0.3, -0.25) is 0 Å². The Hall–Kier alpha value is -0.0800. The third-order valence-corrected chi connectivity index (χ3v) is 4.71. The third kappa shape index (κ3) is 0.549. The molecule has 1 aliphatic heterocycles. The second-order valence-electron chi connectivity index (χ2n) is 5.08. The van der Waals surface area contributed by atoms with Gasteiger partial charge in [0.25, 0.3) is 0 Å². The first-order valence-corrected chi connectivity index (χ1v) is 5.18. The summed E-state index contributed by atoms with van der Waals surface area (Å²) in [6.45, 7) is 0. The first kappa shape index (κ1) is 6.39. The first-order valence-electron chi connectivity index (χ1n) is 5.18. The number of hydrogen-bond acceptors (Lipinski definition) is 2. The van der Waals surface area contributed by atoms with Gasteiger partial charge in [-0.15, -0.1) is 0 Å². The number of epoxide rings is 1. The van der Waals surface area contributed by atoms with E-state index in [1.807, 2.05) is 0 Å². The first-order chi connectivity index (χ1) is 5.84. The molecule has 4 aliphatic rings. The normalized spacial score (nSPS) is 71.2. The number of aliphatic hydroxyl groups is 1. The van der Waals surface area contributed by atoms with E-state index < -0.39 is 0 Å². The molecule has 2 nitrogen and oxygen atoms in total. The number of ether oxygens (including phenoxy) is 1. The van der Waals surface area contributed by atoms with E-state index in [2.05, 4.69) is 0 Å². The van der Waals surface area contributed by atoms with Crippen molar-refractivity contribution in [2.45, 2.75) is 37.6 Å². The second-order valence-corrected chi connectivity index (χ2v) is 5.08. The fourth-order valence-corrected chi connectivity index (χ4v) is 4.27. The van der Waals surface area contributed by atoms with Crippen LogP contribution in [0.2, 0.25) is 0 Å². The molecule has 0 radical (unpaired) electrons. The van der Waals surface area contributed by atoms with Gasteiger partial charge in [-0.2, -0.15) is 0 Å². The molecule has 66 valence electrons. The molecule has 1 heterocycles. The Labute approximate surface area is 71.9 Å². The lowest BCUT2D eigenvalue weighted by Crippen LogP contribution is -2.31. The van der Waals surface area contributed by atoms with Crippen LogP contribution in [0.4, 0.5) is 0 Å². The molecule has 4 fully saturated rings. The van der Waals surface area contributed by atoms with Crippen LogP contribution in [0.25, 0.3) is 0 Å². The Morgan fingerprint density at radius 1 is 1.08 bits per heavy atom. The molecule has 0 aromatic heterocycles. The Kier molecular flexibility index (Phi) is 0.921. The van der Waals surface area contributed by atoms with Crippen molar-refractivity contribution in [3.8, 4) is 0 Å². The van der Waals surface area contributed by atoms with E-state index in [0.717, 1.165) is 24.2 Å². The van der Waals surface area contributed by atoms with Gasteiger partial charge in [0.05, 0.1) is 18.3 Å². The van der Waals surface area contributed by atoms with Gasteiger partial charge < -0.3 is 9.84 Å². The largest absolute Gasteiger partial charge is 0.393 e. The van der Waals surface area contributed by atoms with Gasteiger partial charge in [0.2, 0.25) is 0 Å². The van der Waals surface area contributed by atoms with Gasteiger partial charge in [-0.25, -0.2) is 0 Å². The van der Waals surface area contributed by atoms with E-state index in [1.165, 1.54) is 12.8 Å². The Bertz CT molecular complexity index is 240. The van der Waals surface area contributed by atoms with Gasteiger partial charge >= 0.3 is 0 Å². The summed E-state index contributed by atoms with van der Waals surface area (Å²) in [6, 6.07) is 0. The standard InChI is InChI=1S/C10H14O2/c11-7-2-4-1-6(7)9-5(4)3-8-10(9)12-8/h4-11H,1-3H2/t4-,5+,6+,7-,8+,9-,10-/m0/s1. The zero-order chi connectivity index (χ0) is 7.87. The molecule has 4 rings (SSSR count). The van der Waals surface area contributed by atoms with E-state index in [4.69, 9.17) is 4.74 Å². The van der Waals surface area contributed by atoms with Crippen LogP contribution in [0.5, 0.6) is 0 Å². The molecular formula is C10H14O2. The van der Waals surface area contributed by atoms with Crippen LogP contribution in [0.1, 0.15) is 19.3 Å². The minimum absolute atomic E-state index is 0.0131. The molecular weight excluding hydrogens is 152 g/mol. The molecule has 0 unspecified atom stereocenters. The van der Waals surface area contributed by atoms with Crippen LogP contribution >= 0.6 is 0 Å². The van der Waals surface area contributed by atoms with Crippen LogP contribution in [-0.4, -0.2) is 23.4 Å². The molecule has 2 bridgehead atoms. The Morgan fingerprint density at radius 2 is 2.00 bits per heavy atom. The average Bonchev–Trinajstić information content (AvgIpc) is 2.42. The van der Waals surface area contributed by atoms with Crippen molar-refractivity contribution in [3.05, 3.63) is 0 Å². The summed E-state index contributed by atoms with van der Waals surface area (Å²) in [5, 5.41) is 9.75. The van der Waals surface area contributed by atoms with Crippen molar-refractivity contribution in [2.24, 2.45) is 23.7 Å². The topological polar surface area (TPSA) is 32.8 Å². The summed E-state index contributed by atoms with van der Waals surface area (Å²) in [7, 11) is 0. The lowest BCUT2D eigenvalue weighted by molar-refractivity contribution is 0.0370. The molecule has 12 heavy (non-hydrogen) atoms. The van der Waals surface area contributed by atoms with Crippen LogP contribution < -0.4 is 0 Å². The highest BCUT2D eigenvalue weighted by Crippen LogP contribution is 2.64. The lowest BCUT2D eigenvalue weighted by atomic mass is 9.79. The van der Waals surface area contributed by atoms with Gasteiger partial charge in [0.15, 0.2) is 0 Å². The molecule has 1 N–H and O–H groups in total. The van der Waals surface area contributed by atoms with Crippen molar-refractivity contribution in [1.29, 1.82) is 0 Å². The molecule has 3 aliphatic carbocycles. The van der Waals surface area contributed by atoms with Gasteiger partial charge in [0.1, 0.15) is 0 Å². The zero-order valence-electron chi connectivity index (χ0n) is 7.02. The predicted molar refractivity (Wildman–Crippen MR) is 42.5 cm³/mol. The van der Waals surface area contributed by atoms with Crippen LogP contribution in [0.15, 0.2) is 0 Å². The number of hydrogen-bond donors (Lipinski definition) is 1. The summed E-state index contributed by atoms with van der Waals surface area (Å²) in [5.74, 6) is 3.15. The van der Waals surface area contributed by atoms with Crippen LogP contribution in [0, 0.1) is 23.7 Å². The SMILES string of the molecule is O[C@H]1C[C@@H]2C[C@H]1[C@@H]1[C@@H]2C[C@H]2O[C@H]12. The van der Waals surface area contributed by atoms with E-state index >= 15 is 0 Å². The Balaban J connectivity index is 1.74. The smallest absolute Gasteiger partial charge is 0.0876 e. The van der Waals surface area contributed by atoms with Crippen LogP contribution in [0.3, 0.4) is 0 Å². The highest BCUT2D eigenvalue weighted by molar-refractivity contribution is 5.14.